The summed E-state index contributed by atoms with van der Waals surface area (Å²) in [6, 6.07) is 9.52. The molecule has 0 aliphatic rings. The number of carbonyl (C=O) groups is 1. The van der Waals surface area contributed by atoms with E-state index in [1.54, 1.807) is 42.9 Å². The van der Waals surface area contributed by atoms with E-state index in [0.29, 0.717) is 36.1 Å². The second-order valence-electron chi connectivity index (χ2n) is 6.88. The van der Waals surface area contributed by atoms with Crippen molar-refractivity contribution < 1.29 is 9.18 Å². The highest BCUT2D eigenvalue weighted by Crippen LogP contribution is 2.18. The van der Waals surface area contributed by atoms with E-state index in [1.165, 1.54) is 12.1 Å². The van der Waals surface area contributed by atoms with Crippen LogP contribution in [-0.4, -0.2) is 52.9 Å². The van der Waals surface area contributed by atoms with E-state index in [9.17, 15) is 9.18 Å². The lowest BCUT2D eigenvalue weighted by Crippen LogP contribution is -2.31. The zero-order valence-electron chi connectivity index (χ0n) is 16.9. The molecular formula is C21H24FN7O. The molecular weight excluding hydrogens is 385 g/mol. The maximum Gasteiger partial charge on any atom is 0.251 e. The number of nitrogens with zero attached hydrogens (tertiary/aromatic N) is 4. The largest absolute Gasteiger partial charge is 0.366 e. The van der Waals surface area contributed by atoms with Crippen LogP contribution >= 0.6 is 0 Å². The molecule has 3 aromatic rings. The normalized spacial score (nSPS) is 10.7. The molecule has 0 atom stereocenters. The van der Waals surface area contributed by atoms with Crippen molar-refractivity contribution in [2.75, 3.05) is 37.8 Å². The Bertz CT molecular complexity index is 965. The van der Waals surface area contributed by atoms with E-state index >= 15 is 0 Å². The van der Waals surface area contributed by atoms with Crippen molar-refractivity contribution in [2.24, 2.45) is 0 Å². The van der Waals surface area contributed by atoms with Crippen LogP contribution in [0.25, 0.3) is 0 Å². The molecule has 0 unspecified atom stereocenters. The Balaban J connectivity index is 1.77. The molecule has 3 rings (SSSR count). The third kappa shape index (κ3) is 6.49. The number of halogens is 1. The van der Waals surface area contributed by atoms with Gasteiger partial charge in [-0.2, -0.15) is 0 Å². The first-order valence-corrected chi connectivity index (χ1v) is 9.46. The van der Waals surface area contributed by atoms with Gasteiger partial charge in [0.25, 0.3) is 5.91 Å². The van der Waals surface area contributed by atoms with Crippen molar-refractivity contribution in [1.82, 2.24) is 25.2 Å². The molecule has 0 bridgehead atoms. The van der Waals surface area contributed by atoms with E-state index in [0.717, 1.165) is 12.1 Å². The molecule has 0 saturated heterocycles. The molecule has 2 heterocycles. The molecule has 156 valence electrons. The van der Waals surface area contributed by atoms with Crippen molar-refractivity contribution in [3.05, 3.63) is 71.9 Å². The van der Waals surface area contributed by atoms with Gasteiger partial charge in [-0.25, -0.2) is 14.4 Å². The lowest BCUT2D eigenvalue weighted by molar-refractivity contribution is 0.0951. The number of anilines is 3. The molecule has 0 aliphatic carbocycles. The summed E-state index contributed by atoms with van der Waals surface area (Å²) in [4.78, 5) is 27.3. The van der Waals surface area contributed by atoms with Gasteiger partial charge in [-0.05, 0) is 43.9 Å². The monoisotopic (exact) mass is 409 g/mol. The topological polar surface area (TPSA) is 95.1 Å². The number of benzene rings is 1. The van der Waals surface area contributed by atoms with Crippen molar-refractivity contribution >= 4 is 23.4 Å². The molecule has 1 aromatic carbocycles. The van der Waals surface area contributed by atoms with Gasteiger partial charge in [0.05, 0.1) is 6.20 Å². The summed E-state index contributed by atoms with van der Waals surface area (Å²) < 4.78 is 13.1. The van der Waals surface area contributed by atoms with Gasteiger partial charge >= 0.3 is 0 Å². The standard InChI is InChI=1S/C21H24FN7O/c1-29(2)10-9-25-21(30)16-11-18(26-13-15-3-5-17(22)6-4-15)27-19(12-16)28-20-14-23-7-8-24-20/h3-8,11-12,14H,9-10,13H2,1-2H3,(H,25,30)(H2,24,26,27,28). The fourth-order valence-corrected chi connectivity index (χ4v) is 2.60. The quantitative estimate of drug-likeness (QED) is 0.500. The fraction of sp³-hybridized carbons (Fsp3) is 0.238. The Labute approximate surface area is 174 Å². The number of hydrogen-bond acceptors (Lipinski definition) is 7. The molecule has 0 radical (unpaired) electrons. The number of pyridine rings is 1. The van der Waals surface area contributed by atoms with Crippen LogP contribution in [0.2, 0.25) is 0 Å². The zero-order valence-corrected chi connectivity index (χ0v) is 16.9. The SMILES string of the molecule is CN(C)CCNC(=O)c1cc(NCc2ccc(F)cc2)nc(Nc2cnccn2)c1. The fourth-order valence-electron chi connectivity index (χ4n) is 2.60. The summed E-state index contributed by atoms with van der Waals surface area (Å²) in [5, 5.41) is 9.13. The summed E-state index contributed by atoms with van der Waals surface area (Å²) in [7, 11) is 3.89. The Hall–Kier alpha value is -3.59. The Morgan fingerprint density at radius 3 is 2.53 bits per heavy atom. The van der Waals surface area contributed by atoms with Crippen LogP contribution in [0.4, 0.5) is 21.8 Å². The average molecular weight is 409 g/mol. The van der Waals surface area contributed by atoms with Gasteiger partial charge in [-0.15, -0.1) is 0 Å². The van der Waals surface area contributed by atoms with Gasteiger partial charge in [0.1, 0.15) is 23.3 Å². The second-order valence-corrected chi connectivity index (χ2v) is 6.88. The van der Waals surface area contributed by atoms with Crippen LogP contribution in [0, 0.1) is 5.82 Å². The van der Waals surface area contributed by atoms with Crippen molar-refractivity contribution in [3.63, 3.8) is 0 Å². The highest BCUT2D eigenvalue weighted by molar-refractivity contribution is 5.95. The molecule has 8 nitrogen and oxygen atoms in total. The van der Waals surface area contributed by atoms with Gasteiger partial charge in [0.15, 0.2) is 0 Å². The van der Waals surface area contributed by atoms with Gasteiger partial charge < -0.3 is 20.9 Å². The van der Waals surface area contributed by atoms with Gasteiger partial charge in [0.2, 0.25) is 0 Å². The number of rotatable bonds is 9. The summed E-state index contributed by atoms with van der Waals surface area (Å²) in [6.07, 6.45) is 4.70. The third-order valence-electron chi connectivity index (χ3n) is 4.14. The van der Waals surface area contributed by atoms with Crippen LogP contribution in [0.5, 0.6) is 0 Å². The number of likely N-dealkylation sites (N-methyl/N-ethyl adjacent to an activating group) is 1. The third-order valence-corrected chi connectivity index (χ3v) is 4.14. The minimum Gasteiger partial charge on any atom is -0.366 e. The minimum absolute atomic E-state index is 0.203. The van der Waals surface area contributed by atoms with Gasteiger partial charge in [-0.1, -0.05) is 12.1 Å². The van der Waals surface area contributed by atoms with Crippen LogP contribution in [-0.2, 0) is 6.54 Å². The average Bonchev–Trinajstić information content (AvgIpc) is 2.73. The van der Waals surface area contributed by atoms with E-state index in [-0.39, 0.29) is 11.7 Å². The highest BCUT2D eigenvalue weighted by atomic mass is 19.1. The Morgan fingerprint density at radius 2 is 1.83 bits per heavy atom. The molecule has 1 amide bonds. The van der Waals surface area contributed by atoms with Crippen molar-refractivity contribution in [1.29, 1.82) is 0 Å². The molecule has 9 heteroatoms. The van der Waals surface area contributed by atoms with Crippen LogP contribution < -0.4 is 16.0 Å². The van der Waals surface area contributed by atoms with Crippen molar-refractivity contribution in [2.45, 2.75) is 6.54 Å². The van der Waals surface area contributed by atoms with E-state index < -0.39 is 0 Å². The highest BCUT2D eigenvalue weighted by Gasteiger charge is 2.11. The maximum atomic E-state index is 13.1. The first-order chi connectivity index (χ1) is 14.5. The van der Waals surface area contributed by atoms with Crippen LogP contribution in [0.15, 0.2) is 55.0 Å². The lowest BCUT2D eigenvalue weighted by Gasteiger charge is -2.13. The van der Waals surface area contributed by atoms with Crippen LogP contribution in [0.1, 0.15) is 15.9 Å². The molecule has 0 fully saturated rings. The number of amides is 1. The summed E-state index contributed by atoms with van der Waals surface area (Å²) in [5.41, 5.74) is 1.35. The van der Waals surface area contributed by atoms with Gasteiger partial charge in [0, 0.05) is 37.6 Å². The molecule has 0 spiro atoms. The summed E-state index contributed by atoms with van der Waals surface area (Å²) in [5.74, 6) is 0.984. The molecule has 0 saturated carbocycles. The molecule has 0 aliphatic heterocycles. The second kappa shape index (κ2) is 10.3. The van der Waals surface area contributed by atoms with Crippen molar-refractivity contribution in [3.8, 4) is 0 Å². The van der Waals surface area contributed by atoms with E-state index in [4.69, 9.17) is 0 Å². The summed E-state index contributed by atoms with van der Waals surface area (Å²) in [6.45, 7) is 1.69. The number of carbonyl (C=O) groups excluding carboxylic acids is 1. The summed E-state index contributed by atoms with van der Waals surface area (Å²) >= 11 is 0. The van der Waals surface area contributed by atoms with E-state index in [2.05, 4.69) is 30.9 Å². The van der Waals surface area contributed by atoms with Crippen LogP contribution in [0.3, 0.4) is 0 Å². The lowest BCUT2D eigenvalue weighted by atomic mass is 10.2. The molecule has 2 aromatic heterocycles. The zero-order chi connectivity index (χ0) is 21.3. The number of aromatic nitrogens is 3. The Morgan fingerprint density at radius 1 is 1.07 bits per heavy atom. The van der Waals surface area contributed by atoms with Gasteiger partial charge in [-0.3, -0.25) is 9.78 Å². The predicted octanol–water partition coefficient (Wildman–Crippen LogP) is 2.66. The predicted molar refractivity (Wildman–Crippen MR) is 114 cm³/mol. The molecule has 30 heavy (non-hydrogen) atoms. The number of nitrogens with one attached hydrogen (secondary N) is 3. The smallest absolute Gasteiger partial charge is 0.251 e. The van der Waals surface area contributed by atoms with E-state index in [1.807, 2.05) is 19.0 Å². The maximum absolute atomic E-state index is 13.1. The number of hydrogen-bond donors (Lipinski definition) is 3. The first-order valence-electron chi connectivity index (χ1n) is 9.46. The first kappa shape index (κ1) is 21.1. The molecule has 3 N–H and O–H groups in total. The minimum atomic E-state index is -0.288. The Kier molecular flexibility index (Phi) is 7.23.